The normalized spacial score (nSPS) is 12.5. The monoisotopic (exact) mass is 722 g/mol. The van der Waals surface area contributed by atoms with Crippen molar-refractivity contribution in [2.24, 2.45) is 0 Å². The molecule has 0 aliphatic carbocycles. The summed E-state index contributed by atoms with van der Waals surface area (Å²) in [5.74, 6) is 2.76. The van der Waals surface area contributed by atoms with E-state index in [0.717, 1.165) is 4.47 Å². The van der Waals surface area contributed by atoms with Crippen LogP contribution in [0.5, 0.6) is 0 Å². The topological polar surface area (TPSA) is 0 Å². The van der Waals surface area contributed by atoms with E-state index >= 15 is 0 Å². The van der Waals surface area contributed by atoms with Gasteiger partial charge in [-0.2, -0.15) is 0 Å². The van der Waals surface area contributed by atoms with Crippen LogP contribution in [0.25, 0.3) is 54.6 Å². The fourth-order valence-corrected chi connectivity index (χ4v) is 8.63. The molecule has 0 atom stereocenters. The molecule has 0 N–H and O–H groups in total. The Morgan fingerprint density at radius 1 is 0.380 bits per heavy atom. The molecule has 0 aliphatic rings. The molecular formula is C48H56BBr. The van der Waals surface area contributed by atoms with Crippen molar-refractivity contribution in [3.63, 3.8) is 0 Å². The molecule has 50 heavy (non-hydrogen) atoms. The summed E-state index contributed by atoms with van der Waals surface area (Å²) in [4.78, 5) is 0. The van der Waals surface area contributed by atoms with Gasteiger partial charge in [0.05, 0.1) is 0 Å². The summed E-state index contributed by atoms with van der Waals surface area (Å²) >= 11 is 4.10. The van der Waals surface area contributed by atoms with Crippen LogP contribution in [0.2, 0.25) is 0 Å². The van der Waals surface area contributed by atoms with Gasteiger partial charge in [0.2, 0.25) is 0 Å². The molecule has 0 amide bonds. The predicted octanol–water partition coefficient (Wildman–Crippen LogP) is 14.2. The fraction of sp³-hybridized carbons (Fsp3) is 0.375. The van der Waals surface area contributed by atoms with Crippen LogP contribution in [-0.4, -0.2) is 7.85 Å². The van der Waals surface area contributed by atoms with E-state index in [1.165, 1.54) is 93.4 Å². The summed E-state index contributed by atoms with van der Waals surface area (Å²) in [5, 5.41) is 7.86. The minimum absolute atomic E-state index is 0.437. The Morgan fingerprint density at radius 3 is 1.14 bits per heavy atom. The molecule has 0 nitrogen and oxygen atoms in total. The van der Waals surface area contributed by atoms with Gasteiger partial charge in [0, 0.05) is 4.47 Å². The summed E-state index contributed by atoms with van der Waals surface area (Å²) in [6.07, 6.45) is 0. The van der Waals surface area contributed by atoms with Gasteiger partial charge in [-0.3, -0.25) is 0 Å². The van der Waals surface area contributed by atoms with Crippen molar-refractivity contribution < 1.29 is 0 Å². The van der Waals surface area contributed by atoms with Gasteiger partial charge in [-0.25, -0.2) is 0 Å². The summed E-state index contributed by atoms with van der Waals surface area (Å²) in [7, 11) is 2.28. The molecule has 6 aromatic rings. The molecule has 0 saturated heterocycles. The van der Waals surface area contributed by atoms with Crippen LogP contribution in [0.1, 0.15) is 152 Å². The van der Waals surface area contributed by atoms with E-state index in [0.29, 0.717) is 35.5 Å². The van der Waals surface area contributed by atoms with E-state index in [-0.39, 0.29) is 0 Å². The first kappa shape index (κ1) is 36.4. The molecule has 0 aliphatic heterocycles. The Morgan fingerprint density at radius 2 is 0.740 bits per heavy atom. The van der Waals surface area contributed by atoms with Crippen LogP contribution in [0.4, 0.5) is 0 Å². The zero-order valence-electron chi connectivity index (χ0n) is 32.8. The maximum absolute atomic E-state index is 4.10. The Bertz CT molecular complexity index is 2190. The largest absolute Gasteiger partial charge is 0.140 e. The molecule has 0 saturated carbocycles. The molecule has 6 rings (SSSR count). The highest BCUT2D eigenvalue weighted by atomic mass is 79.9. The third-order valence-corrected chi connectivity index (χ3v) is 11.7. The average molecular weight is 724 g/mol. The lowest BCUT2D eigenvalue weighted by Crippen LogP contribution is -2.06. The van der Waals surface area contributed by atoms with E-state index < -0.39 is 0 Å². The first-order valence-electron chi connectivity index (χ1n) is 19.0. The molecule has 0 spiro atoms. The quantitative estimate of drug-likeness (QED) is 0.108. The lowest BCUT2D eigenvalue weighted by Gasteiger charge is -2.24. The van der Waals surface area contributed by atoms with E-state index in [1.807, 2.05) is 0 Å². The maximum Gasteiger partial charge on any atom is 0.140 e. The van der Waals surface area contributed by atoms with Crippen molar-refractivity contribution in [2.75, 3.05) is 0 Å². The lowest BCUT2D eigenvalue weighted by molar-refractivity contribution is 0.807. The van der Waals surface area contributed by atoms with Crippen LogP contribution in [0.15, 0.2) is 77.3 Å². The highest BCUT2D eigenvalue weighted by Crippen LogP contribution is 2.44. The van der Waals surface area contributed by atoms with Crippen LogP contribution < -0.4 is 5.46 Å². The fourth-order valence-electron chi connectivity index (χ4n) is 8.08. The second-order valence-corrected chi connectivity index (χ2v) is 17.6. The third kappa shape index (κ3) is 6.47. The Hall–Kier alpha value is -3.36. The number of hydrogen-bond acceptors (Lipinski definition) is 0. The zero-order chi connectivity index (χ0) is 36.3. The molecule has 0 unspecified atom stereocenters. The highest BCUT2D eigenvalue weighted by molar-refractivity contribution is 9.10. The maximum atomic E-state index is 4.10. The molecule has 6 aromatic carbocycles. The van der Waals surface area contributed by atoms with E-state index in [1.54, 1.807) is 0 Å². The lowest BCUT2D eigenvalue weighted by atomic mass is 9.80. The SMILES string of the molecule is Bc1cc2c3ccc(-c4c(C(C)C)cc(C(C)C)cc4C(C)C)cc3c(Br)cc2c2cc(-c3c(C(C)C)cc(C(C)C)cc3C(C)C)ccc12. The second-order valence-electron chi connectivity index (χ2n) is 16.7. The summed E-state index contributed by atoms with van der Waals surface area (Å²) in [6.45, 7) is 28.0. The van der Waals surface area contributed by atoms with Crippen LogP contribution in [0.3, 0.4) is 0 Å². The predicted molar refractivity (Wildman–Crippen MR) is 230 cm³/mol. The van der Waals surface area contributed by atoms with Gasteiger partial charge in [-0.1, -0.05) is 159 Å². The van der Waals surface area contributed by atoms with Gasteiger partial charge in [0.15, 0.2) is 0 Å². The van der Waals surface area contributed by atoms with Gasteiger partial charge >= 0.3 is 0 Å². The van der Waals surface area contributed by atoms with Gasteiger partial charge in [-0.05, 0) is 142 Å². The summed E-state index contributed by atoms with van der Waals surface area (Å²) in [5.41, 5.74) is 15.5. The molecule has 0 radical (unpaired) electrons. The van der Waals surface area contributed by atoms with E-state index in [9.17, 15) is 0 Å². The first-order valence-corrected chi connectivity index (χ1v) is 19.8. The van der Waals surface area contributed by atoms with Crippen LogP contribution >= 0.6 is 15.9 Å². The third-order valence-electron chi connectivity index (χ3n) is 11.1. The summed E-state index contributed by atoms with van der Waals surface area (Å²) < 4.78 is 1.15. The van der Waals surface area contributed by atoms with E-state index in [4.69, 9.17) is 0 Å². The molecule has 0 fully saturated rings. The van der Waals surface area contributed by atoms with Crippen molar-refractivity contribution in [2.45, 2.75) is 119 Å². The van der Waals surface area contributed by atoms with Gasteiger partial charge in [0.1, 0.15) is 7.85 Å². The standard InChI is InChI=1S/C48H56BBr/c1-25(2)33-19-37(27(5)6)47(38(20-33)28(7)8)31-14-16-36-41(17-31)43-24-46(50)44-18-32(13-15-35(44)42(43)23-45(36)49)48-39(29(9)10)21-34(26(3)4)22-40(48)30(11)12/h13-30H,49H2,1-12H3. The second kappa shape index (κ2) is 14.0. The molecule has 2 heteroatoms. The Labute approximate surface area is 311 Å². The minimum Gasteiger partial charge on any atom is -0.0806 e. The number of hydrogen-bond donors (Lipinski definition) is 0. The Balaban J connectivity index is 1.62. The van der Waals surface area contributed by atoms with Crippen molar-refractivity contribution in [3.8, 4) is 22.3 Å². The number of benzene rings is 6. The van der Waals surface area contributed by atoms with Gasteiger partial charge in [-0.15, -0.1) is 0 Å². The first-order chi connectivity index (χ1) is 23.6. The van der Waals surface area contributed by atoms with Gasteiger partial charge in [0.25, 0.3) is 0 Å². The van der Waals surface area contributed by atoms with Crippen molar-refractivity contribution >= 4 is 61.6 Å². The number of rotatable bonds is 8. The van der Waals surface area contributed by atoms with Crippen molar-refractivity contribution in [3.05, 3.63) is 111 Å². The zero-order valence-corrected chi connectivity index (χ0v) is 34.4. The van der Waals surface area contributed by atoms with Crippen LogP contribution in [0, 0.1) is 0 Å². The van der Waals surface area contributed by atoms with Crippen molar-refractivity contribution in [1.82, 2.24) is 0 Å². The highest BCUT2D eigenvalue weighted by Gasteiger charge is 2.22. The number of halogens is 1. The van der Waals surface area contributed by atoms with Gasteiger partial charge < -0.3 is 0 Å². The molecular weight excluding hydrogens is 667 g/mol. The summed E-state index contributed by atoms with van der Waals surface area (Å²) in [6, 6.07) is 29.1. The smallest absolute Gasteiger partial charge is 0.0806 e. The number of fused-ring (bicyclic) bond motifs is 5. The average Bonchev–Trinajstić information content (AvgIpc) is 3.07. The van der Waals surface area contributed by atoms with Crippen LogP contribution in [-0.2, 0) is 0 Å². The van der Waals surface area contributed by atoms with Crippen molar-refractivity contribution in [1.29, 1.82) is 0 Å². The minimum atomic E-state index is 0.437. The Kier molecular flexibility index (Phi) is 10.2. The van der Waals surface area contributed by atoms with E-state index in [2.05, 4.69) is 180 Å². The molecule has 0 aromatic heterocycles. The molecule has 0 heterocycles. The molecule has 0 bridgehead atoms. The molecule has 258 valence electrons.